The molecule has 0 aliphatic rings. The summed E-state index contributed by atoms with van der Waals surface area (Å²) in [6, 6.07) is 8.40. The van der Waals surface area contributed by atoms with E-state index in [2.05, 4.69) is 20.8 Å². The number of thiocarbonyl (C=S) groups is 1. The number of hydrogen-bond donors (Lipinski definition) is 2. The summed E-state index contributed by atoms with van der Waals surface area (Å²) in [6.07, 6.45) is 3.38. The van der Waals surface area contributed by atoms with Gasteiger partial charge < -0.3 is 10.6 Å². The van der Waals surface area contributed by atoms with Crippen LogP contribution >= 0.6 is 23.8 Å². The van der Waals surface area contributed by atoms with E-state index in [1.165, 1.54) is 6.07 Å². The van der Waals surface area contributed by atoms with E-state index in [1.54, 1.807) is 46.0 Å². The zero-order valence-corrected chi connectivity index (χ0v) is 15.7. The molecule has 0 atom stereocenters. The molecule has 0 unspecified atom stereocenters. The van der Waals surface area contributed by atoms with Gasteiger partial charge in [-0.1, -0.05) is 29.8 Å². The number of aromatic nitrogens is 4. The molecule has 0 bridgehead atoms. The van der Waals surface area contributed by atoms with Crippen molar-refractivity contribution in [2.45, 2.75) is 26.6 Å². The van der Waals surface area contributed by atoms with E-state index in [4.69, 9.17) is 23.8 Å². The topological polar surface area (TPSA) is 59.7 Å². The molecule has 2 aromatic heterocycles. The standard InChI is InChI=1S/C17H18ClFN6S/c1-2-25-15(13(18)9-21-25)10-20-17(26)22-16-7-8-24(23-16)11-12-5-3-4-6-14(12)19/h3-9H,2,10-11H2,1H3,(H2,20,22,23,26). The molecular weight excluding hydrogens is 375 g/mol. The first-order valence-corrected chi connectivity index (χ1v) is 8.87. The van der Waals surface area contributed by atoms with Crippen molar-refractivity contribution in [2.24, 2.45) is 0 Å². The third-order valence-corrected chi connectivity index (χ3v) is 4.35. The van der Waals surface area contributed by atoms with Crippen molar-refractivity contribution < 1.29 is 4.39 Å². The Labute approximate surface area is 161 Å². The smallest absolute Gasteiger partial charge is 0.172 e. The highest BCUT2D eigenvalue weighted by atomic mass is 35.5. The second-order valence-corrected chi connectivity index (χ2v) is 6.37. The summed E-state index contributed by atoms with van der Waals surface area (Å²) >= 11 is 11.4. The predicted molar refractivity (Wildman–Crippen MR) is 104 cm³/mol. The quantitative estimate of drug-likeness (QED) is 0.629. The lowest BCUT2D eigenvalue weighted by atomic mass is 10.2. The van der Waals surface area contributed by atoms with Crippen molar-refractivity contribution in [3.8, 4) is 0 Å². The van der Waals surface area contributed by atoms with E-state index in [0.29, 0.717) is 34.6 Å². The Morgan fingerprint density at radius 3 is 2.88 bits per heavy atom. The van der Waals surface area contributed by atoms with Gasteiger partial charge in [-0.3, -0.25) is 9.36 Å². The average Bonchev–Trinajstić information content (AvgIpc) is 3.21. The summed E-state index contributed by atoms with van der Waals surface area (Å²) in [7, 11) is 0. The molecule has 26 heavy (non-hydrogen) atoms. The van der Waals surface area contributed by atoms with Gasteiger partial charge in [0.2, 0.25) is 0 Å². The van der Waals surface area contributed by atoms with E-state index >= 15 is 0 Å². The first-order chi connectivity index (χ1) is 12.6. The van der Waals surface area contributed by atoms with Gasteiger partial charge in [0, 0.05) is 24.4 Å². The Kier molecular flexibility index (Phi) is 5.85. The minimum absolute atomic E-state index is 0.251. The number of nitrogens with one attached hydrogen (secondary N) is 2. The summed E-state index contributed by atoms with van der Waals surface area (Å²) < 4.78 is 17.2. The third kappa shape index (κ3) is 4.39. The molecule has 0 amide bonds. The van der Waals surface area contributed by atoms with Crippen LogP contribution in [0, 0.1) is 5.82 Å². The molecule has 3 rings (SSSR count). The van der Waals surface area contributed by atoms with Crippen LogP contribution < -0.4 is 10.6 Å². The van der Waals surface area contributed by atoms with Gasteiger partial charge in [-0.2, -0.15) is 10.2 Å². The Balaban J connectivity index is 1.56. The van der Waals surface area contributed by atoms with Crippen LogP contribution in [-0.2, 0) is 19.6 Å². The van der Waals surface area contributed by atoms with Crippen molar-refractivity contribution in [1.29, 1.82) is 0 Å². The second-order valence-electron chi connectivity index (χ2n) is 5.55. The Hall–Kier alpha value is -2.45. The number of halogens is 2. The summed E-state index contributed by atoms with van der Waals surface area (Å²) in [4.78, 5) is 0. The maximum absolute atomic E-state index is 13.7. The van der Waals surface area contributed by atoms with Crippen molar-refractivity contribution in [3.63, 3.8) is 0 Å². The normalized spacial score (nSPS) is 10.7. The van der Waals surface area contributed by atoms with E-state index in [1.807, 2.05) is 6.92 Å². The Morgan fingerprint density at radius 2 is 2.12 bits per heavy atom. The first-order valence-electron chi connectivity index (χ1n) is 8.08. The SMILES string of the molecule is CCn1ncc(Cl)c1CNC(=S)Nc1ccn(Cc2ccccc2F)n1. The number of hydrogen-bond acceptors (Lipinski definition) is 3. The van der Waals surface area contributed by atoms with E-state index in [-0.39, 0.29) is 5.82 Å². The van der Waals surface area contributed by atoms with Gasteiger partial charge in [0.1, 0.15) is 5.82 Å². The first kappa shape index (κ1) is 18.3. The van der Waals surface area contributed by atoms with Crippen molar-refractivity contribution in [3.05, 3.63) is 64.8 Å². The van der Waals surface area contributed by atoms with Crippen LogP contribution in [0.3, 0.4) is 0 Å². The van der Waals surface area contributed by atoms with Crippen LogP contribution in [0.4, 0.5) is 10.2 Å². The fourth-order valence-electron chi connectivity index (χ4n) is 2.48. The van der Waals surface area contributed by atoms with E-state index < -0.39 is 0 Å². The van der Waals surface area contributed by atoms with Crippen LogP contribution in [0.1, 0.15) is 18.2 Å². The largest absolute Gasteiger partial charge is 0.357 e. The fourth-order valence-corrected chi connectivity index (χ4v) is 2.86. The summed E-state index contributed by atoms with van der Waals surface area (Å²) in [5, 5.41) is 15.6. The molecule has 0 saturated carbocycles. The van der Waals surface area contributed by atoms with Crippen molar-refractivity contribution in [1.82, 2.24) is 24.9 Å². The molecule has 0 spiro atoms. The molecule has 9 heteroatoms. The number of anilines is 1. The summed E-state index contributed by atoms with van der Waals surface area (Å²) in [5.41, 5.74) is 1.44. The van der Waals surface area contributed by atoms with Crippen LogP contribution in [0.15, 0.2) is 42.7 Å². The zero-order chi connectivity index (χ0) is 18.5. The molecule has 0 saturated heterocycles. The van der Waals surface area contributed by atoms with E-state index in [9.17, 15) is 4.39 Å². The monoisotopic (exact) mass is 392 g/mol. The van der Waals surface area contributed by atoms with E-state index in [0.717, 1.165) is 12.2 Å². The van der Waals surface area contributed by atoms with Gasteiger partial charge in [0.15, 0.2) is 10.9 Å². The van der Waals surface area contributed by atoms with Crippen LogP contribution in [0.5, 0.6) is 0 Å². The summed E-state index contributed by atoms with van der Waals surface area (Å²) in [6.45, 7) is 3.52. The molecule has 0 radical (unpaired) electrons. The van der Waals surface area contributed by atoms with Gasteiger partial charge >= 0.3 is 0 Å². The van der Waals surface area contributed by atoms with Gasteiger partial charge in [-0.05, 0) is 25.2 Å². The Bertz CT molecular complexity index is 906. The lowest BCUT2D eigenvalue weighted by Crippen LogP contribution is -2.29. The molecule has 136 valence electrons. The van der Waals surface area contributed by atoms with Crippen molar-refractivity contribution >= 4 is 34.7 Å². The van der Waals surface area contributed by atoms with Gasteiger partial charge in [0.25, 0.3) is 0 Å². The molecule has 6 nitrogen and oxygen atoms in total. The zero-order valence-electron chi connectivity index (χ0n) is 14.1. The maximum atomic E-state index is 13.7. The lowest BCUT2D eigenvalue weighted by molar-refractivity contribution is 0.586. The van der Waals surface area contributed by atoms with Crippen LogP contribution in [0.2, 0.25) is 5.02 Å². The molecule has 2 N–H and O–H groups in total. The lowest BCUT2D eigenvalue weighted by Gasteiger charge is -2.10. The fraction of sp³-hybridized carbons (Fsp3) is 0.235. The molecule has 0 fully saturated rings. The third-order valence-electron chi connectivity index (χ3n) is 3.79. The molecule has 0 aliphatic carbocycles. The van der Waals surface area contributed by atoms with Crippen molar-refractivity contribution in [2.75, 3.05) is 5.32 Å². The number of aryl methyl sites for hydroxylation is 1. The minimum Gasteiger partial charge on any atom is -0.357 e. The molecule has 2 heterocycles. The number of benzene rings is 1. The average molecular weight is 393 g/mol. The maximum Gasteiger partial charge on any atom is 0.172 e. The molecule has 1 aromatic carbocycles. The van der Waals surface area contributed by atoms with Gasteiger partial charge in [0.05, 0.1) is 30.0 Å². The highest BCUT2D eigenvalue weighted by molar-refractivity contribution is 7.80. The summed E-state index contributed by atoms with van der Waals surface area (Å²) in [5.74, 6) is 0.327. The van der Waals surface area contributed by atoms with Gasteiger partial charge in [-0.25, -0.2) is 4.39 Å². The number of rotatable bonds is 6. The molecule has 3 aromatic rings. The molecule has 0 aliphatic heterocycles. The predicted octanol–water partition coefficient (Wildman–Crippen LogP) is 3.43. The highest BCUT2D eigenvalue weighted by Gasteiger charge is 2.09. The van der Waals surface area contributed by atoms with Crippen LogP contribution in [0.25, 0.3) is 0 Å². The van der Waals surface area contributed by atoms with Gasteiger partial charge in [-0.15, -0.1) is 0 Å². The number of nitrogens with zero attached hydrogens (tertiary/aromatic N) is 4. The Morgan fingerprint density at radius 1 is 1.31 bits per heavy atom. The van der Waals surface area contributed by atoms with Crippen LogP contribution in [-0.4, -0.2) is 24.7 Å². The second kappa shape index (κ2) is 8.29. The highest BCUT2D eigenvalue weighted by Crippen LogP contribution is 2.15. The molecular formula is C17H18ClFN6S. The minimum atomic E-state index is -0.251.